The van der Waals surface area contributed by atoms with Gasteiger partial charge in [-0.3, -0.25) is 14.7 Å². The Morgan fingerprint density at radius 2 is 1.95 bits per heavy atom. The minimum absolute atomic E-state index is 0.0864. The average molecular weight is 295 g/mol. The van der Waals surface area contributed by atoms with Crippen LogP contribution in [-0.2, 0) is 6.54 Å². The molecule has 2 aromatic rings. The summed E-state index contributed by atoms with van der Waals surface area (Å²) in [6, 6.07) is 12.3. The second-order valence-electron chi connectivity index (χ2n) is 5.80. The van der Waals surface area contributed by atoms with Gasteiger partial charge in [0.15, 0.2) is 0 Å². The van der Waals surface area contributed by atoms with Crippen LogP contribution in [0.5, 0.6) is 0 Å². The van der Waals surface area contributed by atoms with Crippen LogP contribution in [0.1, 0.15) is 21.5 Å². The van der Waals surface area contributed by atoms with Gasteiger partial charge in [-0.25, -0.2) is 0 Å². The van der Waals surface area contributed by atoms with Crippen LogP contribution in [-0.4, -0.2) is 46.9 Å². The molecule has 4 nitrogen and oxygen atoms in total. The summed E-state index contributed by atoms with van der Waals surface area (Å²) >= 11 is 0. The van der Waals surface area contributed by atoms with Gasteiger partial charge in [-0.15, -0.1) is 0 Å². The fourth-order valence-corrected chi connectivity index (χ4v) is 2.85. The van der Waals surface area contributed by atoms with Crippen molar-refractivity contribution in [1.29, 1.82) is 0 Å². The third-order valence-electron chi connectivity index (χ3n) is 4.06. The van der Waals surface area contributed by atoms with E-state index in [-0.39, 0.29) is 5.91 Å². The largest absolute Gasteiger partial charge is 0.336 e. The van der Waals surface area contributed by atoms with Crippen molar-refractivity contribution in [3.8, 4) is 0 Å². The molecule has 1 aliphatic heterocycles. The predicted octanol–water partition coefficient (Wildman–Crippen LogP) is 2.35. The first-order valence-corrected chi connectivity index (χ1v) is 7.69. The summed E-state index contributed by atoms with van der Waals surface area (Å²) in [5.74, 6) is 0.0864. The molecule has 1 fully saturated rings. The summed E-state index contributed by atoms with van der Waals surface area (Å²) in [4.78, 5) is 20.7. The Bertz CT molecular complexity index is 634. The van der Waals surface area contributed by atoms with E-state index in [0.717, 1.165) is 32.7 Å². The molecule has 0 saturated carbocycles. The van der Waals surface area contributed by atoms with Gasteiger partial charge in [-0.1, -0.05) is 29.8 Å². The average Bonchev–Trinajstić information content (AvgIpc) is 2.56. The molecule has 0 aliphatic carbocycles. The monoisotopic (exact) mass is 295 g/mol. The summed E-state index contributed by atoms with van der Waals surface area (Å²) < 4.78 is 0. The summed E-state index contributed by atoms with van der Waals surface area (Å²) in [6.45, 7) is 6.46. The van der Waals surface area contributed by atoms with E-state index in [1.165, 1.54) is 11.1 Å². The molecule has 0 unspecified atom stereocenters. The molecule has 1 aromatic heterocycles. The smallest absolute Gasteiger partial charge is 0.255 e. The Morgan fingerprint density at radius 1 is 1.14 bits per heavy atom. The van der Waals surface area contributed by atoms with Crippen molar-refractivity contribution in [2.45, 2.75) is 13.5 Å². The molecule has 4 heteroatoms. The number of pyridine rings is 1. The number of carbonyl (C=O) groups is 1. The van der Waals surface area contributed by atoms with Gasteiger partial charge in [0.2, 0.25) is 0 Å². The van der Waals surface area contributed by atoms with Gasteiger partial charge in [0.25, 0.3) is 5.91 Å². The first kappa shape index (κ1) is 14.7. The predicted molar refractivity (Wildman–Crippen MR) is 86.6 cm³/mol. The van der Waals surface area contributed by atoms with Crippen molar-refractivity contribution < 1.29 is 4.79 Å². The minimum Gasteiger partial charge on any atom is -0.336 e. The molecule has 0 spiro atoms. The van der Waals surface area contributed by atoms with E-state index in [9.17, 15) is 4.79 Å². The number of hydrogen-bond acceptors (Lipinski definition) is 3. The molecule has 0 radical (unpaired) electrons. The third kappa shape index (κ3) is 3.52. The number of piperazine rings is 1. The van der Waals surface area contributed by atoms with E-state index < -0.39 is 0 Å². The SMILES string of the molecule is Cc1cccc(CN2CCN(C(=O)c3cccnc3)CC2)c1. The summed E-state index contributed by atoms with van der Waals surface area (Å²) in [5, 5.41) is 0. The molecular weight excluding hydrogens is 274 g/mol. The van der Waals surface area contributed by atoms with Gasteiger partial charge >= 0.3 is 0 Å². The van der Waals surface area contributed by atoms with Crippen LogP contribution in [0.4, 0.5) is 0 Å². The molecule has 1 amide bonds. The molecule has 3 rings (SSSR count). The quantitative estimate of drug-likeness (QED) is 0.872. The number of hydrogen-bond donors (Lipinski definition) is 0. The highest BCUT2D eigenvalue weighted by molar-refractivity contribution is 5.93. The van der Waals surface area contributed by atoms with Crippen molar-refractivity contribution in [2.24, 2.45) is 0 Å². The fourth-order valence-electron chi connectivity index (χ4n) is 2.85. The Labute approximate surface area is 131 Å². The van der Waals surface area contributed by atoms with E-state index >= 15 is 0 Å². The Hall–Kier alpha value is -2.20. The summed E-state index contributed by atoms with van der Waals surface area (Å²) in [5.41, 5.74) is 3.31. The van der Waals surface area contributed by atoms with Crippen LogP contribution >= 0.6 is 0 Å². The van der Waals surface area contributed by atoms with Crippen molar-refractivity contribution in [3.63, 3.8) is 0 Å². The highest BCUT2D eigenvalue weighted by atomic mass is 16.2. The van der Waals surface area contributed by atoms with E-state index in [1.54, 1.807) is 18.5 Å². The van der Waals surface area contributed by atoms with Crippen LogP contribution in [0.25, 0.3) is 0 Å². The zero-order valence-corrected chi connectivity index (χ0v) is 12.9. The third-order valence-corrected chi connectivity index (χ3v) is 4.06. The van der Waals surface area contributed by atoms with Crippen molar-refractivity contribution in [2.75, 3.05) is 26.2 Å². The van der Waals surface area contributed by atoms with E-state index in [4.69, 9.17) is 0 Å². The van der Waals surface area contributed by atoms with E-state index in [2.05, 4.69) is 41.1 Å². The molecule has 2 heterocycles. The van der Waals surface area contributed by atoms with E-state index in [1.807, 2.05) is 11.0 Å². The number of aryl methyl sites for hydroxylation is 1. The summed E-state index contributed by atoms with van der Waals surface area (Å²) in [7, 11) is 0. The first-order valence-electron chi connectivity index (χ1n) is 7.69. The second kappa shape index (κ2) is 6.71. The maximum absolute atomic E-state index is 12.4. The molecule has 1 aromatic carbocycles. The van der Waals surface area contributed by atoms with Gasteiger partial charge < -0.3 is 4.90 Å². The molecule has 0 N–H and O–H groups in total. The number of nitrogens with zero attached hydrogens (tertiary/aromatic N) is 3. The summed E-state index contributed by atoms with van der Waals surface area (Å²) in [6.07, 6.45) is 3.33. The van der Waals surface area contributed by atoms with Crippen LogP contribution in [0.3, 0.4) is 0 Å². The van der Waals surface area contributed by atoms with Crippen LogP contribution < -0.4 is 0 Å². The minimum atomic E-state index is 0.0864. The number of aromatic nitrogens is 1. The highest BCUT2D eigenvalue weighted by Crippen LogP contribution is 2.12. The molecule has 1 aliphatic rings. The topological polar surface area (TPSA) is 36.4 Å². The Balaban J connectivity index is 1.55. The molecule has 0 bridgehead atoms. The van der Waals surface area contributed by atoms with Crippen molar-refractivity contribution in [1.82, 2.24) is 14.8 Å². The number of carbonyl (C=O) groups excluding carboxylic acids is 1. The van der Waals surface area contributed by atoms with Crippen LogP contribution in [0.2, 0.25) is 0 Å². The zero-order chi connectivity index (χ0) is 15.4. The van der Waals surface area contributed by atoms with Gasteiger partial charge in [0.1, 0.15) is 0 Å². The number of amides is 1. The zero-order valence-electron chi connectivity index (χ0n) is 12.9. The van der Waals surface area contributed by atoms with Crippen molar-refractivity contribution in [3.05, 3.63) is 65.5 Å². The van der Waals surface area contributed by atoms with Gasteiger partial charge in [-0.05, 0) is 24.6 Å². The molecule has 22 heavy (non-hydrogen) atoms. The van der Waals surface area contributed by atoms with Gasteiger partial charge in [-0.2, -0.15) is 0 Å². The first-order chi connectivity index (χ1) is 10.7. The Kier molecular flexibility index (Phi) is 4.49. The molecular formula is C18H21N3O. The number of benzene rings is 1. The maximum Gasteiger partial charge on any atom is 0.255 e. The lowest BCUT2D eigenvalue weighted by Crippen LogP contribution is -2.48. The second-order valence-corrected chi connectivity index (χ2v) is 5.80. The molecule has 114 valence electrons. The fraction of sp³-hybridized carbons (Fsp3) is 0.333. The van der Waals surface area contributed by atoms with Gasteiger partial charge in [0, 0.05) is 45.1 Å². The lowest BCUT2D eigenvalue weighted by atomic mass is 10.1. The maximum atomic E-state index is 12.4. The normalized spacial score (nSPS) is 15.8. The van der Waals surface area contributed by atoms with Crippen molar-refractivity contribution >= 4 is 5.91 Å². The highest BCUT2D eigenvalue weighted by Gasteiger charge is 2.22. The lowest BCUT2D eigenvalue weighted by Gasteiger charge is -2.34. The van der Waals surface area contributed by atoms with Crippen LogP contribution in [0, 0.1) is 6.92 Å². The Morgan fingerprint density at radius 3 is 2.64 bits per heavy atom. The number of rotatable bonds is 3. The van der Waals surface area contributed by atoms with Gasteiger partial charge in [0.05, 0.1) is 5.56 Å². The standard InChI is InChI=1S/C18H21N3O/c1-15-4-2-5-16(12-15)14-20-8-10-21(11-9-20)18(22)17-6-3-7-19-13-17/h2-7,12-13H,8-11,14H2,1H3. The molecule has 0 atom stereocenters. The molecule has 1 saturated heterocycles. The van der Waals surface area contributed by atoms with Crippen LogP contribution in [0.15, 0.2) is 48.8 Å². The van der Waals surface area contributed by atoms with E-state index in [0.29, 0.717) is 5.56 Å². The lowest BCUT2D eigenvalue weighted by molar-refractivity contribution is 0.0628.